The molecule has 6 nitrogen and oxygen atoms in total. The van der Waals surface area contributed by atoms with E-state index in [-0.39, 0.29) is 12.5 Å². The lowest BCUT2D eigenvalue weighted by molar-refractivity contribution is -0.131. The molecule has 0 atom stereocenters. The van der Waals surface area contributed by atoms with E-state index in [4.69, 9.17) is 9.47 Å². The molecule has 0 unspecified atom stereocenters. The average molecular weight is 413 g/mol. The molecule has 0 fully saturated rings. The molecule has 30 heavy (non-hydrogen) atoms. The van der Waals surface area contributed by atoms with Crippen LogP contribution < -0.4 is 10.1 Å². The largest absolute Gasteiger partial charge is 0.496 e. The zero-order valence-electron chi connectivity index (χ0n) is 17.9. The summed E-state index contributed by atoms with van der Waals surface area (Å²) in [6.07, 6.45) is 2.57. The third-order valence-electron chi connectivity index (χ3n) is 4.84. The molecule has 2 rings (SSSR count). The fourth-order valence-corrected chi connectivity index (χ4v) is 3.12. The van der Waals surface area contributed by atoms with Gasteiger partial charge >= 0.3 is 6.09 Å². The number of rotatable bonds is 12. The van der Waals surface area contributed by atoms with Crippen LogP contribution in [0.1, 0.15) is 43.7 Å². The zero-order chi connectivity index (χ0) is 21.6. The number of para-hydroxylation sites is 1. The first-order valence-corrected chi connectivity index (χ1v) is 10.5. The lowest BCUT2D eigenvalue weighted by atomic mass is 10.1. The standard InChI is InChI=1S/C24H32N2O4/c1-3-26(18-21-14-9-10-15-22(21)29-2)23(27)16-8-5-11-17-25-24(28)30-19-20-12-6-4-7-13-20/h4,6-7,9-10,12-15H,3,5,8,11,16-19H2,1-2H3,(H,25,28). The Morgan fingerprint density at radius 2 is 1.70 bits per heavy atom. The summed E-state index contributed by atoms with van der Waals surface area (Å²) in [7, 11) is 1.64. The second kappa shape index (κ2) is 13.2. The molecule has 0 saturated carbocycles. The van der Waals surface area contributed by atoms with Gasteiger partial charge in [-0.1, -0.05) is 55.0 Å². The molecule has 0 heterocycles. The highest BCUT2D eigenvalue weighted by molar-refractivity contribution is 5.76. The Labute approximate surface area is 179 Å². The van der Waals surface area contributed by atoms with Crippen LogP contribution in [-0.4, -0.2) is 37.1 Å². The lowest BCUT2D eigenvalue weighted by Gasteiger charge is -2.22. The van der Waals surface area contributed by atoms with E-state index >= 15 is 0 Å². The summed E-state index contributed by atoms with van der Waals surface area (Å²) in [5.41, 5.74) is 1.97. The van der Waals surface area contributed by atoms with Crippen molar-refractivity contribution in [2.45, 2.75) is 45.8 Å². The molecule has 2 amide bonds. The maximum Gasteiger partial charge on any atom is 0.407 e. The molecule has 0 aromatic heterocycles. The Balaban J connectivity index is 1.60. The highest BCUT2D eigenvalue weighted by Gasteiger charge is 2.14. The lowest BCUT2D eigenvalue weighted by Crippen LogP contribution is -2.30. The smallest absolute Gasteiger partial charge is 0.407 e. The topological polar surface area (TPSA) is 67.9 Å². The summed E-state index contributed by atoms with van der Waals surface area (Å²) in [5, 5.41) is 2.75. The number of carbonyl (C=O) groups excluding carboxylic acids is 2. The van der Waals surface area contributed by atoms with Crippen LogP contribution in [0.2, 0.25) is 0 Å². The van der Waals surface area contributed by atoms with E-state index in [1.54, 1.807) is 7.11 Å². The van der Waals surface area contributed by atoms with Gasteiger partial charge in [0.1, 0.15) is 12.4 Å². The SMILES string of the molecule is CCN(Cc1ccccc1OC)C(=O)CCCCCNC(=O)OCc1ccccc1. The van der Waals surface area contributed by atoms with Crippen LogP contribution in [0.5, 0.6) is 5.75 Å². The number of amides is 2. The molecule has 0 saturated heterocycles. The van der Waals surface area contributed by atoms with Crippen LogP contribution in [-0.2, 0) is 22.7 Å². The van der Waals surface area contributed by atoms with Gasteiger partial charge in [0.25, 0.3) is 0 Å². The highest BCUT2D eigenvalue weighted by Crippen LogP contribution is 2.19. The fourth-order valence-electron chi connectivity index (χ4n) is 3.12. The number of hydrogen-bond donors (Lipinski definition) is 1. The number of alkyl carbamates (subject to hydrolysis) is 1. The van der Waals surface area contributed by atoms with Gasteiger partial charge in [0.2, 0.25) is 5.91 Å². The van der Waals surface area contributed by atoms with Gasteiger partial charge in [0.15, 0.2) is 0 Å². The number of benzene rings is 2. The Hall–Kier alpha value is -3.02. The van der Waals surface area contributed by atoms with E-state index in [0.717, 1.165) is 36.1 Å². The average Bonchev–Trinajstić information content (AvgIpc) is 2.79. The Kier molecular flexibility index (Phi) is 10.3. The first-order chi connectivity index (χ1) is 14.6. The summed E-state index contributed by atoms with van der Waals surface area (Å²) < 4.78 is 10.5. The van der Waals surface area contributed by atoms with Crippen LogP contribution in [0.25, 0.3) is 0 Å². The predicted molar refractivity (Wildman–Crippen MR) is 117 cm³/mol. The van der Waals surface area contributed by atoms with E-state index in [1.807, 2.05) is 66.4 Å². The highest BCUT2D eigenvalue weighted by atomic mass is 16.5. The first-order valence-electron chi connectivity index (χ1n) is 10.5. The maximum absolute atomic E-state index is 12.5. The summed E-state index contributed by atoms with van der Waals surface area (Å²) >= 11 is 0. The third-order valence-corrected chi connectivity index (χ3v) is 4.84. The van der Waals surface area contributed by atoms with Crippen molar-refractivity contribution in [2.24, 2.45) is 0 Å². The molecule has 0 aliphatic heterocycles. The minimum atomic E-state index is -0.413. The summed E-state index contributed by atoms with van der Waals surface area (Å²) in [4.78, 5) is 26.1. The minimum Gasteiger partial charge on any atom is -0.496 e. The Morgan fingerprint density at radius 3 is 2.43 bits per heavy atom. The number of hydrogen-bond acceptors (Lipinski definition) is 4. The molecule has 162 valence electrons. The molecule has 0 spiro atoms. The van der Waals surface area contributed by atoms with Crippen LogP contribution in [0.3, 0.4) is 0 Å². The summed E-state index contributed by atoms with van der Waals surface area (Å²) in [6.45, 7) is 4.00. The van der Waals surface area contributed by atoms with Crippen molar-refractivity contribution in [2.75, 3.05) is 20.2 Å². The first kappa shape index (κ1) is 23.3. The number of carbonyl (C=O) groups is 2. The number of nitrogens with one attached hydrogen (secondary N) is 1. The zero-order valence-corrected chi connectivity index (χ0v) is 17.9. The number of methoxy groups -OCH3 is 1. The van der Waals surface area contributed by atoms with Crippen molar-refractivity contribution in [3.63, 3.8) is 0 Å². The van der Waals surface area contributed by atoms with Crippen LogP contribution >= 0.6 is 0 Å². The van der Waals surface area contributed by atoms with Gasteiger partial charge in [-0.3, -0.25) is 4.79 Å². The van der Waals surface area contributed by atoms with Gasteiger partial charge in [0.05, 0.1) is 7.11 Å². The molecule has 0 aliphatic carbocycles. The molecule has 0 aliphatic rings. The van der Waals surface area contributed by atoms with Gasteiger partial charge in [-0.05, 0) is 31.4 Å². The maximum atomic E-state index is 12.5. The van der Waals surface area contributed by atoms with Crippen LogP contribution in [0, 0.1) is 0 Å². The second-order valence-electron chi connectivity index (χ2n) is 7.02. The molecular weight excluding hydrogens is 380 g/mol. The van der Waals surface area contributed by atoms with Crippen molar-refractivity contribution in [1.82, 2.24) is 10.2 Å². The van der Waals surface area contributed by atoms with Crippen molar-refractivity contribution < 1.29 is 19.1 Å². The van der Waals surface area contributed by atoms with E-state index in [1.165, 1.54) is 0 Å². The molecule has 0 bridgehead atoms. The monoisotopic (exact) mass is 412 g/mol. The Bertz CT molecular complexity index is 780. The fraction of sp³-hybridized carbons (Fsp3) is 0.417. The van der Waals surface area contributed by atoms with Crippen LogP contribution in [0.15, 0.2) is 54.6 Å². The third kappa shape index (κ3) is 8.15. The molecule has 1 N–H and O–H groups in total. The van der Waals surface area contributed by atoms with Gasteiger partial charge in [0, 0.05) is 31.6 Å². The number of ether oxygens (including phenoxy) is 2. The summed E-state index contributed by atoms with van der Waals surface area (Å²) in [6, 6.07) is 17.3. The van der Waals surface area contributed by atoms with E-state index in [9.17, 15) is 9.59 Å². The molecule has 2 aromatic carbocycles. The second-order valence-corrected chi connectivity index (χ2v) is 7.02. The molecule has 2 aromatic rings. The van der Waals surface area contributed by atoms with Crippen molar-refractivity contribution in [1.29, 1.82) is 0 Å². The van der Waals surface area contributed by atoms with E-state index in [0.29, 0.717) is 26.1 Å². The predicted octanol–water partition coefficient (Wildman–Crippen LogP) is 4.53. The van der Waals surface area contributed by atoms with Gasteiger partial charge in [-0.2, -0.15) is 0 Å². The Morgan fingerprint density at radius 1 is 0.967 bits per heavy atom. The van der Waals surface area contributed by atoms with E-state index in [2.05, 4.69) is 5.32 Å². The minimum absolute atomic E-state index is 0.138. The molecule has 0 radical (unpaired) electrons. The van der Waals surface area contributed by atoms with Gasteiger partial charge in [-0.15, -0.1) is 0 Å². The van der Waals surface area contributed by atoms with Gasteiger partial charge in [-0.25, -0.2) is 4.79 Å². The van der Waals surface area contributed by atoms with Crippen molar-refractivity contribution >= 4 is 12.0 Å². The summed E-state index contributed by atoms with van der Waals surface area (Å²) in [5.74, 6) is 0.938. The molecule has 6 heteroatoms. The number of unbranched alkanes of at least 4 members (excludes halogenated alkanes) is 2. The quantitative estimate of drug-likeness (QED) is 0.520. The van der Waals surface area contributed by atoms with Crippen LogP contribution in [0.4, 0.5) is 4.79 Å². The molecular formula is C24H32N2O4. The van der Waals surface area contributed by atoms with E-state index < -0.39 is 6.09 Å². The van der Waals surface area contributed by atoms with Gasteiger partial charge < -0.3 is 19.7 Å². The van der Waals surface area contributed by atoms with Crippen molar-refractivity contribution in [3.8, 4) is 5.75 Å². The van der Waals surface area contributed by atoms with Crippen molar-refractivity contribution in [3.05, 3.63) is 65.7 Å². The number of nitrogens with zero attached hydrogens (tertiary/aromatic N) is 1. The normalized spacial score (nSPS) is 10.3.